The van der Waals surface area contributed by atoms with Gasteiger partial charge in [0.25, 0.3) is 6.43 Å². The maximum absolute atomic E-state index is 12.8. The van der Waals surface area contributed by atoms with Crippen LogP contribution in [0, 0.1) is 11.3 Å². The molecule has 0 saturated carbocycles. The van der Waals surface area contributed by atoms with Crippen molar-refractivity contribution in [3.63, 3.8) is 0 Å². The molecule has 16 heavy (non-hydrogen) atoms. The van der Waals surface area contributed by atoms with Crippen LogP contribution >= 0.6 is 0 Å². The summed E-state index contributed by atoms with van der Waals surface area (Å²) in [6.07, 6.45) is -1.70. The average Bonchev–Trinajstić information content (AvgIpc) is 2.28. The van der Waals surface area contributed by atoms with Crippen LogP contribution in [0.2, 0.25) is 0 Å². The third-order valence-corrected chi connectivity index (χ3v) is 2.01. The van der Waals surface area contributed by atoms with E-state index in [1.54, 1.807) is 6.07 Å². The van der Waals surface area contributed by atoms with Gasteiger partial charge in [0.2, 0.25) is 0 Å². The Labute approximate surface area is 91.4 Å². The zero-order chi connectivity index (χ0) is 12.1. The normalized spacial score (nSPS) is 10.0. The molecule has 0 spiro atoms. The molecule has 0 aromatic carbocycles. The summed E-state index contributed by atoms with van der Waals surface area (Å²) in [4.78, 5) is 3.76. The molecule has 1 aromatic heterocycles. The minimum Gasteiger partial charge on any atom is -0.492 e. The summed E-state index contributed by atoms with van der Waals surface area (Å²) < 4.78 is 35.4. The van der Waals surface area contributed by atoms with E-state index in [2.05, 4.69) is 4.98 Å². The monoisotopic (exact) mass is 228 g/mol. The highest BCUT2D eigenvalue weighted by atomic mass is 19.3. The minimum absolute atomic E-state index is 0.00940. The van der Waals surface area contributed by atoms with Gasteiger partial charge in [0, 0.05) is 0 Å². The van der Waals surface area contributed by atoms with Gasteiger partial charge in [-0.25, -0.2) is 8.78 Å². The van der Waals surface area contributed by atoms with Gasteiger partial charge >= 0.3 is 0 Å². The molecule has 0 fully saturated rings. The summed E-state index contributed by atoms with van der Waals surface area (Å²) in [5.74, 6) is 0.0530. The van der Waals surface area contributed by atoms with Crippen LogP contribution in [0.25, 0.3) is 0 Å². The molecule has 0 saturated heterocycles. The van der Waals surface area contributed by atoms with Crippen molar-refractivity contribution in [3.8, 4) is 17.6 Å². The van der Waals surface area contributed by atoms with Gasteiger partial charge in [-0.3, -0.25) is 4.98 Å². The van der Waals surface area contributed by atoms with Gasteiger partial charge in [-0.1, -0.05) is 0 Å². The van der Waals surface area contributed by atoms with Crippen LogP contribution in [0.1, 0.15) is 17.7 Å². The Kier molecular flexibility index (Phi) is 4.00. The molecule has 0 amide bonds. The topological polar surface area (TPSA) is 55.1 Å². The summed E-state index contributed by atoms with van der Waals surface area (Å²) >= 11 is 0. The summed E-state index contributed by atoms with van der Waals surface area (Å²) in [6.45, 7) is 0. The van der Waals surface area contributed by atoms with E-state index in [0.717, 1.165) is 0 Å². The Bertz CT molecular complexity index is 416. The van der Waals surface area contributed by atoms with E-state index in [-0.39, 0.29) is 29.2 Å². The number of nitriles is 1. The maximum Gasteiger partial charge on any atom is 0.269 e. The number of ether oxygens (including phenoxy) is 2. The minimum atomic E-state index is -2.76. The molecule has 0 aliphatic carbocycles. The summed E-state index contributed by atoms with van der Waals surface area (Å²) in [5, 5.41) is 8.51. The lowest BCUT2D eigenvalue weighted by molar-refractivity contribution is 0.144. The first-order chi connectivity index (χ1) is 7.65. The fourth-order valence-corrected chi connectivity index (χ4v) is 1.33. The first-order valence-electron chi connectivity index (χ1n) is 4.40. The van der Waals surface area contributed by atoms with Crippen LogP contribution in [-0.2, 0) is 6.42 Å². The van der Waals surface area contributed by atoms with Crippen LogP contribution in [0.3, 0.4) is 0 Å². The van der Waals surface area contributed by atoms with Crippen molar-refractivity contribution < 1.29 is 18.3 Å². The van der Waals surface area contributed by atoms with Gasteiger partial charge in [-0.05, 0) is 0 Å². The first-order valence-corrected chi connectivity index (χ1v) is 4.40. The number of alkyl halides is 2. The molecule has 0 N–H and O–H groups in total. The molecule has 0 aliphatic heterocycles. The third kappa shape index (κ3) is 2.19. The third-order valence-electron chi connectivity index (χ3n) is 2.01. The van der Waals surface area contributed by atoms with E-state index < -0.39 is 6.43 Å². The highest BCUT2D eigenvalue weighted by Gasteiger charge is 2.23. The highest BCUT2D eigenvalue weighted by Crippen LogP contribution is 2.38. The van der Waals surface area contributed by atoms with E-state index in [1.807, 2.05) is 0 Å². The van der Waals surface area contributed by atoms with Gasteiger partial charge in [0.1, 0.15) is 0 Å². The van der Waals surface area contributed by atoms with Crippen molar-refractivity contribution in [1.29, 1.82) is 5.26 Å². The Morgan fingerprint density at radius 3 is 2.56 bits per heavy atom. The van der Waals surface area contributed by atoms with Crippen molar-refractivity contribution in [3.05, 3.63) is 17.5 Å². The summed E-state index contributed by atoms with van der Waals surface area (Å²) in [6, 6.07) is 1.78. The number of rotatable bonds is 4. The van der Waals surface area contributed by atoms with Crippen molar-refractivity contribution in [1.82, 2.24) is 4.98 Å². The van der Waals surface area contributed by atoms with Crippen LogP contribution in [0.4, 0.5) is 8.78 Å². The van der Waals surface area contributed by atoms with Crippen LogP contribution in [0.15, 0.2) is 6.20 Å². The quantitative estimate of drug-likeness (QED) is 0.791. The zero-order valence-corrected chi connectivity index (χ0v) is 8.83. The number of methoxy groups -OCH3 is 2. The largest absolute Gasteiger partial charge is 0.492 e. The van der Waals surface area contributed by atoms with Gasteiger partial charge < -0.3 is 9.47 Å². The molecular weight excluding hydrogens is 218 g/mol. The average molecular weight is 228 g/mol. The molecule has 0 aliphatic rings. The van der Waals surface area contributed by atoms with E-state index in [0.29, 0.717) is 0 Å². The second-order valence-corrected chi connectivity index (χ2v) is 2.86. The number of hydrogen-bond donors (Lipinski definition) is 0. The molecule has 86 valence electrons. The van der Waals surface area contributed by atoms with Crippen LogP contribution in [-0.4, -0.2) is 19.2 Å². The van der Waals surface area contributed by atoms with Gasteiger partial charge in [0.15, 0.2) is 11.5 Å². The predicted octanol–water partition coefficient (Wildman–Crippen LogP) is 2.10. The van der Waals surface area contributed by atoms with Gasteiger partial charge in [-0.2, -0.15) is 5.26 Å². The van der Waals surface area contributed by atoms with Crippen molar-refractivity contribution >= 4 is 0 Å². The second-order valence-electron chi connectivity index (χ2n) is 2.86. The molecular formula is C10H10F2N2O2. The number of pyridine rings is 1. The van der Waals surface area contributed by atoms with E-state index in [9.17, 15) is 8.78 Å². The highest BCUT2D eigenvalue weighted by molar-refractivity contribution is 5.48. The Morgan fingerprint density at radius 1 is 1.44 bits per heavy atom. The smallest absolute Gasteiger partial charge is 0.269 e. The lowest BCUT2D eigenvalue weighted by atomic mass is 10.1. The fourth-order valence-electron chi connectivity index (χ4n) is 1.33. The Morgan fingerprint density at radius 2 is 2.12 bits per heavy atom. The molecule has 0 atom stereocenters. The number of aromatic nitrogens is 1. The Hall–Kier alpha value is -1.90. The van der Waals surface area contributed by atoms with Crippen molar-refractivity contribution in [2.75, 3.05) is 14.2 Å². The number of halogens is 2. The van der Waals surface area contributed by atoms with E-state index in [1.165, 1.54) is 20.4 Å². The lowest BCUT2D eigenvalue weighted by Gasteiger charge is -2.14. The molecule has 1 heterocycles. The molecule has 1 aromatic rings. The Balaban J connectivity index is 3.39. The molecule has 0 bridgehead atoms. The molecule has 4 nitrogen and oxygen atoms in total. The van der Waals surface area contributed by atoms with Crippen molar-refractivity contribution in [2.24, 2.45) is 0 Å². The zero-order valence-electron chi connectivity index (χ0n) is 8.83. The van der Waals surface area contributed by atoms with Crippen LogP contribution in [0.5, 0.6) is 11.5 Å². The summed E-state index contributed by atoms with van der Waals surface area (Å²) in [5.41, 5.74) is -0.376. The molecule has 6 heteroatoms. The number of hydrogen-bond acceptors (Lipinski definition) is 4. The standard InChI is InChI=1S/C10H10F2N2O2/c1-15-7-5-14-6(3-4-13)8(10(11)12)9(7)16-2/h5,10H,3H2,1-2H3. The van der Waals surface area contributed by atoms with Crippen molar-refractivity contribution in [2.45, 2.75) is 12.8 Å². The van der Waals surface area contributed by atoms with E-state index >= 15 is 0 Å². The van der Waals surface area contributed by atoms with Crippen LogP contribution < -0.4 is 9.47 Å². The van der Waals surface area contributed by atoms with Gasteiger partial charge in [-0.15, -0.1) is 0 Å². The second kappa shape index (κ2) is 5.26. The molecule has 1 rings (SSSR count). The van der Waals surface area contributed by atoms with Gasteiger partial charge in [0.05, 0.1) is 44.2 Å². The predicted molar refractivity (Wildman–Crippen MR) is 51.6 cm³/mol. The lowest BCUT2D eigenvalue weighted by Crippen LogP contribution is -2.03. The fraction of sp³-hybridized carbons (Fsp3) is 0.400. The summed E-state index contributed by atoms with van der Waals surface area (Å²) in [7, 11) is 2.60. The SMILES string of the molecule is COc1cnc(CC#N)c(C(F)F)c1OC. The number of nitrogens with zero attached hydrogens (tertiary/aromatic N) is 2. The van der Waals surface area contributed by atoms with E-state index in [4.69, 9.17) is 14.7 Å². The molecule has 0 radical (unpaired) electrons. The maximum atomic E-state index is 12.8. The molecule has 0 unspecified atom stereocenters. The first kappa shape index (κ1) is 12.2.